The van der Waals surface area contributed by atoms with Crippen LogP contribution >= 0.6 is 35.8 Å². The van der Waals surface area contributed by atoms with Crippen LogP contribution in [0.25, 0.3) is 0 Å². The van der Waals surface area contributed by atoms with Crippen LogP contribution in [0.1, 0.15) is 6.92 Å². The van der Waals surface area contributed by atoms with E-state index in [0.29, 0.717) is 21.6 Å². The molecule has 0 aromatic heterocycles. The molecule has 7 nitrogen and oxygen atoms in total. The molecule has 1 fully saturated rings. The molecule has 0 radical (unpaired) electrons. The molecular weight excluding hydrogens is 423 g/mol. The molecule has 0 saturated carbocycles. The summed E-state index contributed by atoms with van der Waals surface area (Å²) in [7, 11) is 1.85. The molecular formula is C18H18Cl2N4O3S. The SMILES string of the molecule is CC(=O)N(c1ccc(Cl)cc1)C1CSC(=Nc2cccc([N+](=O)[O-])c2)N1C.Cl. The highest BCUT2D eigenvalue weighted by Gasteiger charge is 2.34. The summed E-state index contributed by atoms with van der Waals surface area (Å²) in [6.45, 7) is 1.52. The van der Waals surface area contributed by atoms with E-state index < -0.39 is 4.92 Å². The minimum atomic E-state index is -0.448. The molecule has 1 unspecified atom stereocenters. The van der Waals surface area contributed by atoms with Crippen molar-refractivity contribution in [3.63, 3.8) is 0 Å². The fraction of sp³-hybridized carbons (Fsp3) is 0.222. The topological polar surface area (TPSA) is 79.0 Å². The summed E-state index contributed by atoms with van der Waals surface area (Å²) in [5, 5.41) is 12.2. The zero-order valence-corrected chi connectivity index (χ0v) is 17.5. The molecule has 1 aliphatic rings. The number of hydrogen-bond donors (Lipinski definition) is 0. The van der Waals surface area contributed by atoms with Crippen LogP contribution in [0.5, 0.6) is 0 Å². The van der Waals surface area contributed by atoms with Gasteiger partial charge in [-0.1, -0.05) is 29.4 Å². The second kappa shape index (κ2) is 9.27. The normalized spacial score (nSPS) is 17.3. The molecule has 3 rings (SSSR count). The Morgan fingerprint density at radius 3 is 2.61 bits per heavy atom. The summed E-state index contributed by atoms with van der Waals surface area (Å²) in [6.07, 6.45) is -0.217. The molecule has 0 spiro atoms. The van der Waals surface area contributed by atoms with Gasteiger partial charge < -0.3 is 4.90 Å². The van der Waals surface area contributed by atoms with Gasteiger partial charge in [0, 0.05) is 42.6 Å². The quantitative estimate of drug-likeness (QED) is 0.507. The second-order valence-corrected chi connectivity index (χ2v) is 7.36. The van der Waals surface area contributed by atoms with Crippen LogP contribution in [0.2, 0.25) is 5.02 Å². The fourth-order valence-corrected chi connectivity index (χ4v) is 4.09. The molecule has 1 atom stereocenters. The Kier molecular flexibility index (Phi) is 7.29. The summed E-state index contributed by atoms with van der Waals surface area (Å²) in [5.74, 6) is 0.540. The molecule has 28 heavy (non-hydrogen) atoms. The predicted octanol–water partition coefficient (Wildman–Crippen LogP) is 4.72. The lowest BCUT2D eigenvalue weighted by Gasteiger charge is -2.32. The average Bonchev–Trinajstić information content (AvgIpc) is 2.97. The molecule has 0 aliphatic carbocycles. The van der Waals surface area contributed by atoms with Gasteiger partial charge in [0.25, 0.3) is 5.69 Å². The van der Waals surface area contributed by atoms with E-state index in [-0.39, 0.29) is 30.2 Å². The number of amides is 1. The largest absolute Gasteiger partial charge is 0.333 e. The van der Waals surface area contributed by atoms with E-state index >= 15 is 0 Å². The molecule has 0 N–H and O–H groups in total. The first-order chi connectivity index (χ1) is 12.9. The number of aliphatic imine (C=N–C) groups is 1. The molecule has 1 heterocycles. The van der Waals surface area contributed by atoms with E-state index in [1.807, 2.05) is 11.9 Å². The fourth-order valence-electron chi connectivity index (χ4n) is 2.80. The zero-order chi connectivity index (χ0) is 19.6. The number of hydrogen-bond acceptors (Lipinski definition) is 5. The number of non-ortho nitro benzene ring substituents is 1. The minimum Gasteiger partial charge on any atom is -0.333 e. The second-order valence-electron chi connectivity index (χ2n) is 5.94. The van der Waals surface area contributed by atoms with E-state index in [0.717, 1.165) is 5.69 Å². The van der Waals surface area contributed by atoms with Crippen LogP contribution in [0, 0.1) is 10.1 Å². The van der Waals surface area contributed by atoms with Crippen molar-refractivity contribution < 1.29 is 9.72 Å². The van der Waals surface area contributed by atoms with Crippen LogP contribution in [0.3, 0.4) is 0 Å². The number of nitro groups is 1. The number of amidine groups is 1. The number of halogens is 2. The molecule has 1 aliphatic heterocycles. The lowest BCUT2D eigenvalue weighted by molar-refractivity contribution is -0.384. The number of nitrogens with zero attached hydrogens (tertiary/aromatic N) is 4. The zero-order valence-electron chi connectivity index (χ0n) is 15.1. The Bertz CT molecular complexity index is 908. The Labute approximate surface area is 177 Å². The van der Waals surface area contributed by atoms with Crippen LogP contribution in [0.4, 0.5) is 17.1 Å². The number of anilines is 1. The van der Waals surface area contributed by atoms with Crippen molar-refractivity contribution in [1.82, 2.24) is 4.90 Å². The van der Waals surface area contributed by atoms with Gasteiger partial charge in [-0.25, -0.2) is 4.99 Å². The van der Waals surface area contributed by atoms with E-state index in [1.165, 1.54) is 30.8 Å². The third-order valence-corrected chi connectivity index (χ3v) is 5.47. The van der Waals surface area contributed by atoms with Crippen molar-refractivity contribution >= 4 is 63.9 Å². The molecule has 148 valence electrons. The molecule has 2 aromatic rings. The van der Waals surface area contributed by atoms with Gasteiger partial charge in [0.2, 0.25) is 5.91 Å². The first kappa shape index (κ1) is 22.0. The Balaban J connectivity index is 0.00000280. The number of rotatable bonds is 4. The van der Waals surface area contributed by atoms with Gasteiger partial charge in [-0.2, -0.15) is 0 Å². The summed E-state index contributed by atoms with van der Waals surface area (Å²) in [5.41, 5.74) is 1.24. The van der Waals surface area contributed by atoms with E-state index in [2.05, 4.69) is 4.99 Å². The van der Waals surface area contributed by atoms with Crippen LogP contribution in [-0.4, -0.2) is 39.9 Å². The van der Waals surface area contributed by atoms with E-state index in [1.54, 1.807) is 41.3 Å². The maximum Gasteiger partial charge on any atom is 0.271 e. The Hall–Kier alpha value is -2.29. The van der Waals surface area contributed by atoms with E-state index in [9.17, 15) is 14.9 Å². The summed E-state index contributed by atoms with van der Waals surface area (Å²) in [6, 6.07) is 13.3. The standard InChI is InChI=1S/C18H17ClN4O3S.ClH/c1-12(24)22(15-8-6-13(19)7-9-15)17-11-27-18(21(17)2)20-14-4-3-5-16(10-14)23(25)26;/h3-10,17H,11H2,1-2H3;1H. The first-order valence-corrected chi connectivity index (χ1v) is 9.47. The van der Waals surface area contributed by atoms with Crippen molar-refractivity contribution in [2.75, 3.05) is 17.7 Å². The van der Waals surface area contributed by atoms with Gasteiger partial charge in [0.05, 0.1) is 10.6 Å². The van der Waals surface area contributed by atoms with Gasteiger partial charge in [-0.05, 0) is 30.3 Å². The van der Waals surface area contributed by atoms with Gasteiger partial charge in [0.15, 0.2) is 5.17 Å². The van der Waals surface area contributed by atoms with Crippen molar-refractivity contribution in [3.05, 3.63) is 63.7 Å². The maximum atomic E-state index is 12.3. The maximum absolute atomic E-state index is 12.3. The Morgan fingerprint density at radius 1 is 1.32 bits per heavy atom. The monoisotopic (exact) mass is 440 g/mol. The van der Waals surface area contributed by atoms with Gasteiger partial charge in [-0.3, -0.25) is 19.8 Å². The number of thioether (sulfide) groups is 1. The van der Waals surface area contributed by atoms with Crippen molar-refractivity contribution in [2.45, 2.75) is 13.1 Å². The van der Waals surface area contributed by atoms with Gasteiger partial charge in [-0.15, -0.1) is 12.4 Å². The summed E-state index contributed by atoms with van der Waals surface area (Å²) in [4.78, 5) is 30.9. The van der Waals surface area contributed by atoms with Crippen LogP contribution < -0.4 is 4.90 Å². The molecule has 1 amide bonds. The van der Waals surface area contributed by atoms with Gasteiger partial charge >= 0.3 is 0 Å². The number of carbonyl (C=O) groups is 1. The van der Waals surface area contributed by atoms with Gasteiger partial charge in [0.1, 0.15) is 6.17 Å². The minimum absolute atomic E-state index is 0. The summed E-state index contributed by atoms with van der Waals surface area (Å²) < 4.78 is 0. The molecule has 1 saturated heterocycles. The third kappa shape index (κ3) is 4.76. The number of nitro benzene ring substituents is 1. The molecule has 10 heteroatoms. The third-order valence-electron chi connectivity index (χ3n) is 4.12. The molecule has 0 bridgehead atoms. The smallest absolute Gasteiger partial charge is 0.271 e. The van der Waals surface area contributed by atoms with Crippen molar-refractivity contribution in [2.24, 2.45) is 4.99 Å². The highest BCUT2D eigenvalue weighted by molar-refractivity contribution is 8.14. The van der Waals surface area contributed by atoms with Crippen molar-refractivity contribution in [1.29, 1.82) is 0 Å². The van der Waals surface area contributed by atoms with E-state index in [4.69, 9.17) is 11.6 Å². The highest BCUT2D eigenvalue weighted by Crippen LogP contribution is 2.31. The van der Waals surface area contributed by atoms with Crippen LogP contribution in [-0.2, 0) is 4.79 Å². The van der Waals surface area contributed by atoms with Crippen LogP contribution in [0.15, 0.2) is 53.5 Å². The molecule has 2 aromatic carbocycles. The van der Waals surface area contributed by atoms with Crippen molar-refractivity contribution in [3.8, 4) is 0 Å². The number of benzene rings is 2. The summed E-state index contributed by atoms with van der Waals surface area (Å²) >= 11 is 7.45. The first-order valence-electron chi connectivity index (χ1n) is 8.11. The number of carbonyl (C=O) groups excluding carboxylic acids is 1. The Morgan fingerprint density at radius 2 is 2.00 bits per heavy atom. The highest BCUT2D eigenvalue weighted by atomic mass is 35.5. The average molecular weight is 441 g/mol. The lowest BCUT2D eigenvalue weighted by atomic mass is 10.2. The lowest BCUT2D eigenvalue weighted by Crippen LogP contribution is -2.48. The predicted molar refractivity (Wildman–Crippen MR) is 116 cm³/mol.